The number of hydrogen-bond donors (Lipinski definition) is 8. The van der Waals surface area contributed by atoms with Gasteiger partial charge in [0, 0.05) is 5.75 Å². The molecule has 3 amide bonds. The number of unbranched alkanes of at least 4 members (excludes halogenated alkanes) is 1. The standard InChI is InChI=1S/C18H35N5O6S/c1-9(2)14(17(27)21-11(18(28)29)6-4-5-7-19)23-15(25)12(8-30)22-16(26)13(20)10(3)24/h9-14,24,30H,4-8,19-20H2,1-3H3,(H,21,27)(H,22,26)(H,23,25)(H,28,29). The van der Waals surface area contributed by atoms with E-state index in [1.165, 1.54) is 6.92 Å². The first-order valence-corrected chi connectivity index (χ1v) is 10.5. The number of carbonyl (C=O) groups is 4. The van der Waals surface area contributed by atoms with Crippen LogP contribution in [0.3, 0.4) is 0 Å². The van der Waals surface area contributed by atoms with E-state index in [2.05, 4.69) is 28.6 Å². The zero-order valence-electron chi connectivity index (χ0n) is 17.6. The van der Waals surface area contributed by atoms with E-state index >= 15 is 0 Å². The number of nitrogens with one attached hydrogen (secondary N) is 3. The van der Waals surface area contributed by atoms with Crippen LogP contribution in [0.1, 0.15) is 40.0 Å². The lowest BCUT2D eigenvalue weighted by molar-refractivity contribution is -0.142. The van der Waals surface area contributed by atoms with Gasteiger partial charge < -0.3 is 37.6 Å². The highest BCUT2D eigenvalue weighted by atomic mass is 32.1. The number of aliphatic carboxylic acids is 1. The molecule has 0 aliphatic carbocycles. The summed E-state index contributed by atoms with van der Waals surface area (Å²) >= 11 is 4.04. The van der Waals surface area contributed by atoms with Crippen LogP contribution in [0.2, 0.25) is 0 Å². The lowest BCUT2D eigenvalue weighted by atomic mass is 10.0. The van der Waals surface area contributed by atoms with Gasteiger partial charge in [-0.05, 0) is 38.6 Å². The largest absolute Gasteiger partial charge is 0.480 e. The molecule has 174 valence electrons. The molecule has 0 aromatic carbocycles. The smallest absolute Gasteiger partial charge is 0.326 e. The molecule has 0 rings (SSSR count). The van der Waals surface area contributed by atoms with E-state index in [9.17, 15) is 29.4 Å². The Morgan fingerprint density at radius 2 is 1.50 bits per heavy atom. The number of rotatable bonds is 14. The fourth-order valence-electron chi connectivity index (χ4n) is 2.48. The number of aliphatic hydroxyl groups excluding tert-OH is 1. The summed E-state index contributed by atoms with van der Waals surface area (Å²) in [6.07, 6.45) is 0.255. The van der Waals surface area contributed by atoms with Gasteiger partial charge in [0.15, 0.2) is 0 Å². The molecule has 0 fully saturated rings. The molecule has 0 radical (unpaired) electrons. The monoisotopic (exact) mass is 449 g/mol. The number of carboxylic acid groups (broad SMARTS) is 1. The van der Waals surface area contributed by atoms with Gasteiger partial charge in [-0.3, -0.25) is 14.4 Å². The highest BCUT2D eigenvalue weighted by Crippen LogP contribution is 2.07. The summed E-state index contributed by atoms with van der Waals surface area (Å²) in [7, 11) is 0. The topological polar surface area (TPSA) is 197 Å². The van der Waals surface area contributed by atoms with Gasteiger partial charge in [-0.15, -0.1) is 0 Å². The number of nitrogens with two attached hydrogens (primary N) is 2. The molecule has 0 aromatic heterocycles. The Bertz CT molecular complexity index is 589. The normalized spacial score (nSPS) is 16.1. The minimum absolute atomic E-state index is 0.0760. The van der Waals surface area contributed by atoms with Crippen LogP contribution in [0.4, 0.5) is 0 Å². The molecule has 12 heteroatoms. The summed E-state index contributed by atoms with van der Waals surface area (Å²) < 4.78 is 0. The fraction of sp³-hybridized carbons (Fsp3) is 0.778. The molecule has 11 nitrogen and oxygen atoms in total. The van der Waals surface area contributed by atoms with Crippen LogP contribution in [0.5, 0.6) is 0 Å². The number of aliphatic hydroxyl groups is 1. The van der Waals surface area contributed by atoms with Crippen molar-refractivity contribution in [2.75, 3.05) is 12.3 Å². The third-order valence-electron chi connectivity index (χ3n) is 4.45. The summed E-state index contributed by atoms with van der Waals surface area (Å²) in [5.41, 5.74) is 11.0. The number of amides is 3. The summed E-state index contributed by atoms with van der Waals surface area (Å²) in [6, 6.07) is -4.46. The fourth-order valence-corrected chi connectivity index (χ4v) is 2.74. The minimum Gasteiger partial charge on any atom is -0.480 e. The first-order valence-electron chi connectivity index (χ1n) is 9.84. The molecule has 0 aromatic rings. The van der Waals surface area contributed by atoms with Crippen LogP contribution in [-0.2, 0) is 19.2 Å². The molecular weight excluding hydrogens is 414 g/mol. The van der Waals surface area contributed by atoms with Gasteiger partial charge in [0.05, 0.1) is 6.10 Å². The lowest BCUT2D eigenvalue weighted by Gasteiger charge is -2.26. The van der Waals surface area contributed by atoms with E-state index in [0.29, 0.717) is 19.4 Å². The predicted molar refractivity (Wildman–Crippen MR) is 115 cm³/mol. The van der Waals surface area contributed by atoms with E-state index in [-0.39, 0.29) is 18.1 Å². The summed E-state index contributed by atoms with van der Waals surface area (Å²) in [5.74, 6) is -3.68. The summed E-state index contributed by atoms with van der Waals surface area (Å²) in [4.78, 5) is 48.6. The predicted octanol–water partition coefficient (Wildman–Crippen LogP) is -2.05. The molecule has 9 N–H and O–H groups in total. The number of hydrogen-bond acceptors (Lipinski definition) is 8. The quantitative estimate of drug-likeness (QED) is 0.109. The molecule has 30 heavy (non-hydrogen) atoms. The van der Waals surface area contributed by atoms with Crippen LogP contribution >= 0.6 is 12.6 Å². The van der Waals surface area contributed by atoms with E-state index in [4.69, 9.17) is 11.5 Å². The SMILES string of the molecule is CC(C)C(NC(=O)C(CS)NC(=O)C(N)C(C)O)C(=O)NC(CCCCN)C(=O)O. The molecule has 0 saturated heterocycles. The van der Waals surface area contributed by atoms with E-state index in [1.54, 1.807) is 13.8 Å². The van der Waals surface area contributed by atoms with Crippen LogP contribution < -0.4 is 27.4 Å². The van der Waals surface area contributed by atoms with Crippen molar-refractivity contribution in [2.45, 2.75) is 70.3 Å². The average Bonchev–Trinajstić information content (AvgIpc) is 2.67. The van der Waals surface area contributed by atoms with Gasteiger partial charge in [0.2, 0.25) is 17.7 Å². The number of thiol groups is 1. The van der Waals surface area contributed by atoms with Gasteiger partial charge in [0.25, 0.3) is 0 Å². The molecule has 0 heterocycles. The van der Waals surface area contributed by atoms with Crippen molar-refractivity contribution in [3.8, 4) is 0 Å². The first kappa shape index (κ1) is 28.1. The lowest BCUT2D eigenvalue weighted by Crippen LogP contribution is -2.59. The first-order chi connectivity index (χ1) is 14.0. The zero-order valence-corrected chi connectivity index (χ0v) is 18.5. The van der Waals surface area contributed by atoms with Crippen molar-refractivity contribution in [2.24, 2.45) is 17.4 Å². The Hall–Kier alpha value is -1.89. The second-order valence-electron chi connectivity index (χ2n) is 7.42. The zero-order chi connectivity index (χ0) is 23.4. The van der Waals surface area contributed by atoms with Crippen molar-refractivity contribution in [3.63, 3.8) is 0 Å². The van der Waals surface area contributed by atoms with E-state index in [0.717, 1.165) is 0 Å². The summed E-state index contributed by atoms with van der Waals surface area (Å²) in [6.45, 7) is 5.13. The Morgan fingerprint density at radius 3 is 1.93 bits per heavy atom. The van der Waals surface area contributed by atoms with Crippen LogP contribution in [-0.4, -0.2) is 76.5 Å². The Labute approximate surface area is 182 Å². The van der Waals surface area contributed by atoms with Crippen LogP contribution in [0.25, 0.3) is 0 Å². The van der Waals surface area contributed by atoms with Crippen molar-refractivity contribution in [1.82, 2.24) is 16.0 Å². The number of carbonyl (C=O) groups excluding carboxylic acids is 3. The van der Waals surface area contributed by atoms with Gasteiger partial charge >= 0.3 is 5.97 Å². The molecule has 5 unspecified atom stereocenters. The van der Waals surface area contributed by atoms with Crippen molar-refractivity contribution in [1.29, 1.82) is 0 Å². The Morgan fingerprint density at radius 1 is 0.933 bits per heavy atom. The maximum atomic E-state index is 12.6. The highest BCUT2D eigenvalue weighted by Gasteiger charge is 2.31. The van der Waals surface area contributed by atoms with Gasteiger partial charge in [0.1, 0.15) is 24.2 Å². The third-order valence-corrected chi connectivity index (χ3v) is 4.81. The highest BCUT2D eigenvalue weighted by molar-refractivity contribution is 7.80. The third kappa shape index (κ3) is 9.74. The summed E-state index contributed by atoms with van der Waals surface area (Å²) in [5, 5.41) is 26.1. The molecule has 0 saturated carbocycles. The van der Waals surface area contributed by atoms with Crippen molar-refractivity contribution < 1.29 is 29.4 Å². The molecule has 0 spiro atoms. The minimum atomic E-state index is -1.23. The van der Waals surface area contributed by atoms with Gasteiger partial charge in [-0.25, -0.2) is 4.79 Å². The van der Waals surface area contributed by atoms with Crippen LogP contribution in [0.15, 0.2) is 0 Å². The van der Waals surface area contributed by atoms with E-state index in [1.807, 2.05) is 0 Å². The molecular formula is C18H35N5O6S. The molecule has 0 aliphatic rings. The Kier molecular flexibility index (Phi) is 13.3. The Balaban J connectivity index is 5.13. The van der Waals surface area contributed by atoms with Gasteiger partial charge in [-0.1, -0.05) is 13.8 Å². The second kappa shape index (κ2) is 14.2. The average molecular weight is 450 g/mol. The van der Waals surface area contributed by atoms with Crippen LogP contribution in [0, 0.1) is 5.92 Å². The molecule has 0 bridgehead atoms. The maximum Gasteiger partial charge on any atom is 0.326 e. The maximum absolute atomic E-state index is 12.6. The van der Waals surface area contributed by atoms with Gasteiger partial charge in [-0.2, -0.15) is 12.6 Å². The second-order valence-corrected chi connectivity index (χ2v) is 7.79. The van der Waals surface area contributed by atoms with E-state index < -0.39 is 54.0 Å². The van der Waals surface area contributed by atoms with Crippen molar-refractivity contribution in [3.05, 3.63) is 0 Å². The molecule has 5 atom stereocenters. The molecule has 0 aliphatic heterocycles. The number of carboxylic acids is 1. The van der Waals surface area contributed by atoms with Crippen molar-refractivity contribution >= 4 is 36.3 Å².